The summed E-state index contributed by atoms with van der Waals surface area (Å²) in [6.07, 6.45) is 5.16. The number of ketones is 1. The summed E-state index contributed by atoms with van der Waals surface area (Å²) in [5.74, 6) is -0.144. The summed E-state index contributed by atoms with van der Waals surface area (Å²) in [5.41, 5.74) is 0. The molecule has 100 valence electrons. The lowest BCUT2D eigenvalue weighted by molar-refractivity contribution is -0.389. The van der Waals surface area contributed by atoms with Gasteiger partial charge in [-0.15, -0.1) is 0 Å². The van der Waals surface area contributed by atoms with Gasteiger partial charge in [-0.1, -0.05) is 19.8 Å². The lowest BCUT2D eigenvalue weighted by Gasteiger charge is -2.01. The van der Waals surface area contributed by atoms with Gasteiger partial charge in [0.1, 0.15) is 12.0 Å². The maximum atomic E-state index is 11.5. The molecular formula is C11H16ClN3O3. The fourth-order valence-corrected chi connectivity index (χ4v) is 1.79. The second-order valence-electron chi connectivity index (χ2n) is 4.06. The SMILES string of the molecule is CCCCCC(=O)CCn1cc([N+](=O)[O-])nc1Cl. The second-order valence-corrected chi connectivity index (χ2v) is 4.40. The molecule has 0 radical (unpaired) electrons. The summed E-state index contributed by atoms with van der Waals surface area (Å²) in [4.78, 5) is 25.0. The van der Waals surface area contributed by atoms with E-state index in [1.54, 1.807) is 0 Å². The molecule has 0 saturated carbocycles. The maximum Gasteiger partial charge on any atom is 0.383 e. The molecular weight excluding hydrogens is 258 g/mol. The monoisotopic (exact) mass is 273 g/mol. The molecule has 1 aromatic rings. The van der Waals surface area contributed by atoms with Gasteiger partial charge in [-0.3, -0.25) is 9.36 Å². The van der Waals surface area contributed by atoms with Crippen molar-refractivity contribution in [1.82, 2.24) is 9.55 Å². The third-order valence-electron chi connectivity index (χ3n) is 2.59. The van der Waals surface area contributed by atoms with E-state index in [0.717, 1.165) is 19.3 Å². The molecule has 0 aliphatic carbocycles. The Balaban J connectivity index is 2.43. The van der Waals surface area contributed by atoms with Crippen molar-refractivity contribution in [2.75, 3.05) is 0 Å². The Kier molecular flexibility index (Phi) is 5.77. The Morgan fingerprint density at radius 3 is 2.78 bits per heavy atom. The summed E-state index contributed by atoms with van der Waals surface area (Å²) in [6.45, 7) is 2.42. The molecule has 0 amide bonds. The van der Waals surface area contributed by atoms with Crippen molar-refractivity contribution in [3.63, 3.8) is 0 Å². The topological polar surface area (TPSA) is 78.0 Å². The van der Waals surface area contributed by atoms with Gasteiger partial charge in [0, 0.05) is 19.4 Å². The molecule has 6 nitrogen and oxygen atoms in total. The molecule has 0 unspecified atom stereocenters. The fraction of sp³-hybridized carbons (Fsp3) is 0.636. The number of aromatic nitrogens is 2. The third kappa shape index (κ3) is 4.44. The number of rotatable bonds is 8. The van der Waals surface area contributed by atoms with Gasteiger partial charge in [0.05, 0.1) is 0 Å². The van der Waals surface area contributed by atoms with Crippen LogP contribution in [0.4, 0.5) is 5.82 Å². The van der Waals surface area contributed by atoms with E-state index in [2.05, 4.69) is 11.9 Å². The molecule has 0 N–H and O–H groups in total. The van der Waals surface area contributed by atoms with Crippen molar-refractivity contribution in [2.45, 2.75) is 45.6 Å². The molecule has 0 aromatic carbocycles. The van der Waals surface area contributed by atoms with Crippen LogP contribution in [0.3, 0.4) is 0 Å². The van der Waals surface area contributed by atoms with Crippen molar-refractivity contribution < 1.29 is 9.72 Å². The van der Waals surface area contributed by atoms with Crippen LogP contribution in [-0.4, -0.2) is 20.3 Å². The Morgan fingerprint density at radius 2 is 2.22 bits per heavy atom. The minimum absolute atomic E-state index is 0.0445. The average Bonchev–Trinajstić information content (AvgIpc) is 2.69. The first-order valence-corrected chi connectivity index (χ1v) is 6.31. The quantitative estimate of drug-likeness (QED) is 0.414. The van der Waals surface area contributed by atoms with Crippen LogP contribution in [0.15, 0.2) is 6.20 Å². The van der Waals surface area contributed by atoms with Gasteiger partial charge in [0.25, 0.3) is 0 Å². The molecule has 0 fully saturated rings. The summed E-state index contributed by atoms with van der Waals surface area (Å²) < 4.78 is 1.43. The molecule has 0 aliphatic rings. The van der Waals surface area contributed by atoms with E-state index in [0.29, 0.717) is 19.4 Å². The molecule has 0 saturated heterocycles. The highest BCUT2D eigenvalue weighted by Crippen LogP contribution is 2.16. The normalized spacial score (nSPS) is 10.6. The molecule has 0 spiro atoms. The zero-order valence-corrected chi connectivity index (χ0v) is 11.0. The third-order valence-corrected chi connectivity index (χ3v) is 2.89. The highest BCUT2D eigenvalue weighted by atomic mass is 35.5. The van der Waals surface area contributed by atoms with Crippen LogP contribution in [0.5, 0.6) is 0 Å². The predicted molar refractivity (Wildman–Crippen MR) is 67.7 cm³/mol. The lowest BCUT2D eigenvalue weighted by Crippen LogP contribution is -2.05. The number of aryl methyl sites for hydroxylation is 1. The molecule has 18 heavy (non-hydrogen) atoms. The van der Waals surface area contributed by atoms with Gasteiger partial charge < -0.3 is 10.1 Å². The van der Waals surface area contributed by atoms with Crippen LogP contribution in [0.1, 0.15) is 39.0 Å². The molecule has 7 heteroatoms. The number of hydrogen-bond donors (Lipinski definition) is 0. The highest BCUT2D eigenvalue weighted by molar-refractivity contribution is 6.28. The zero-order chi connectivity index (χ0) is 13.5. The van der Waals surface area contributed by atoms with Gasteiger partial charge in [-0.2, -0.15) is 0 Å². The first kappa shape index (κ1) is 14.6. The molecule has 1 rings (SSSR count). The van der Waals surface area contributed by atoms with Crippen LogP contribution < -0.4 is 0 Å². The molecule has 1 aromatic heterocycles. The van der Waals surface area contributed by atoms with E-state index >= 15 is 0 Å². The first-order valence-electron chi connectivity index (χ1n) is 5.93. The standard InChI is InChI=1S/C11H16ClN3O3/c1-2-3-4-5-9(16)6-7-14-8-10(15(17)18)13-11(14)12/h8H,2-7H2,1H3. The Labute approximate surface area is 110 Å². The Hall–Kier alpha value is -1.43. The van der Waals surface area contributed by atoms with E-state index in [9.17, 15) is 14.9 Å². The fourth-order valence-electron chi connectivity index (χ4n) is 1.57. The Bertz CT molecular complexity index is 431. The largest absolute Gasteiger partial charge is 0.383 e. The summed E-state index contributed by atoms with van der Waals surface area (Å²) in [5, 5.41) is 10.5. The van der Waals surface area contributed by atoms with Gasteiger partial charge in [0.15, 0.2) is 0 Å². The van der Waals surface area contributed by atoms with Crippen molar-refractivity contribution in [3.8, 4) is 0 Å². The minimum Gasteiger partial charge on any atom is -0.358 e. The van der Waals surface area contributed by atoms with Gasteiger partial charge in [-0.05, 0) is 27.9 Å². The van der Waals surface area contributed by atoms with Crippen molar-refractivity contribution in [1.29, 1.82) is 0 Å². The predicted octanol–water partition coefficient (Wildman–Crippen LogP) is 2.98. The molecule has 0 atom stereocenters. The van der Waals surface area contributed by atoms with E-state index in [-0.39, 0.29) is 16.9 Å². The number of unbranched alkanes of at least 4 members (excludes halogenated alkanes) is 2. The number of halogens is 1. The van der Waals surface area contributed by atoms with Crippen molar-refractivity contribution >= 4 is 23.2 Å². The van der Waals surface area contributed by atoms with Crippen LogP contribution in [-0.2, 0) is 11.3 Å². The van der Waals surface area contributed by atoms with E-state index in [4.69, 9.17) is 11.6 Å². The zero-order valence-electron chi connectivity index (χ0n) is 10.3. The summed E-state index contributed by atoms with van der Waals surface area (Å²) in [6, 6.07) is 0. The van der Waals surface area contributed by atoms with Crippen molar-refractivity contribution in [3.05, 3.63) is 21.6 Å². The van der Waals surface area contributed by atoms with Crippen LogP contribution in [0.2, 0.25) is 5.28 Å². The second kappa shape index (κ2) is 7.10. The van der Waals surface area contributed by atoms with Gasteiger partial charge >= 0.3 is 11.1 Å². The number of carbonyl (C=O) groups is 1. The number of Topliss-reactive ketones (excluding diaryl/α,β-unsaturated/α-hetero) is 1. The molecule has 0 aliphatic heterocycles. The van der Waals surface area contributed by atoms with E-state index in [1.165, 1.54) is 10.8 Å². The minimum atomic E-state index is -0.606. The summed E-state index contributed by atoms with van der Waals surface area (Å²) in [7, 11) is 0. The smallest absolute Gasteiger partial charge is 0.358 e. The number of imidazole rings is 1. The van der Waals surface area contributed by atoms with Crippen LogP contribution in [0.25, 0.3) is 0 Å². The van der Waals surface area contributed by atoms with Gasteiger partial charge in [-0.25, -0.2) is 0 Å². The van der Waals surface area contributed by atoms with Crippen molar-refractivity contribution in [2.24, 2.45) is 0 Å². The number of nitrogens with zero attached hydrogens (tertiary/aromatic N) is 3. The number of carbonyl (C=O) groups excluding carboxylic acids is 1. The summed E-state index contributed by atoms with van der Waals surface area (Å²) >= 11 is 5.74. The van der Waals surface area contributed by atoms with E-state index in [1.807, 2.05) is 0 Å². The average molecular weight is 274 g/mol. The number of nitro groups is 1. The first-order chi connectivity index (χ1) is 8.54. The molecule has 0 bridgehead atoms. The molecule has 1 heterocycles. The highest BCUT2D eigenvalue weighted by Gasteiger charge is 2.17. The number of hydrogen-bond acceptors (Lipinski definition) is 4. The van der Waals surface area contributed by atoms with Crippen LogP contribution >= 0.6 is 11.6 Å². The Morgan fingerprint density at radius 1 is 1.50 bits per heavy atom. The maximum absolute atomic E-state index is 11.5. The van der Waals surface area contributed by atoms with E-state index < -0.39 is 4.92 Å². The lowest BCUT2D eigenvalue weighted by atomic mass is 10.1. The van der Waals surface area contributed by atoms with Crippen LogP contribution in [0, 0.1) is 10.1 Å². The van der Waals surface area contributed by atoms with Gasteiger partial charge in [0.2, 0.25) is 0 Å².